The minimum atomic E-state index is 0.732. The van der Waals surface area contributed by atoms with Crippen LogP contribution in [-0.4, -0.2) is 18.0 Å². The van der Waals surface area contributed by atoms with E-state index in [-0.39, 0.29) is 0 Å². The summed E-state index contributed by atoms with van der Waals surface area (Å²) in [6.07, 6.45) is 6.82. The third kappa shape index (κ3) is 3.23. The Morgan fingerprint density at radius 2 is 2.00 bits per heavy atom. The van der Waals surface area contributed by atoms with Crippen LogP contribution in [0.15, 0.2) is 22.7 Å². The van der Waals surface area contributed by atoms with Gasteiger partial charge in [-0.25, -0.2) is 0 Å². The molecule has 17 heavy (non-hydrogen) atoms. The molecule has 2 nitrogen and oxygen atoms in total. The van der Waals surface area contributed by atoms with E-state index in [4.69, 9.17) is 5.73 Å². The van der Waals surface area contributed by atoms with Crippen LogP contribution in [0.4, 0.5) is 5.69 Å². The number of nitrogens with zero attached hydrogens (tertiary/aromatic N) is 1. The maximum Gasteiger partial charge on any atom is 0.0371 e. The minimum Gasteiger partial charge on any atom is -0.398 e. The molecule has 0 heterocycles. The number of hydrogen-bond donors (Lipinski definition) is 1. The van der Waals surface area contributed by atoms with E-state index in [9.17, 15) is 0 Å². The Morgan fingerprint density at radius 1 is 1.29 bits per heavy atom. The van der Waals surface area contributed by atoms with E-state index in [0.717, 1.165) is 22.7 Å². The number of anilines is 1. The Hall–Kier alpha value is -0.540. The lowest BCUT2D eigenvalue weighted by atomic mass is 9.94. The van der Waals surface area contributed by atoms with Gasteiger partial charge in [0, 0.05) is 28.3 Å². The average molecular weight is 297 g/mol. The number of nitrogen functional groups attached to an aromatic ring is 1. The van der Waals surface area contributed by atoms with Crippen molar-refractivity contribution >= 4 is 21.6 Å². The molecule has 0 atom stereocenters. The summed E-state index contributed by atoms with van der Waals surface area (Å²) in [5.41, 5.74) is 8.16. The molecule has 0 unspecified atom stereocenters. The minimum absolute atomic E-state index is 0.732. The molecule has 0 spiro atoms. The van der Waals surface area contributed by atoms with Gasteiger partial charge in [0.1, 0.15) is 0 Å². The molecule has 0 saturated heterocycles. The van der Waals surface area contributed by atoms with Gasteiger partial charge in [0.2, 0.25) is 0 Å². The highest BCUT2D eigenvalue weighted by Crippen LogP contribution is 2.27. The molecule has 0 amide bonds. The largest absolute Gasteiger partial charge is 0.398 e. The first-order valence-corrected chi connectivity index (χ1v) is 7.21. The Balaban J connectivity index is 2.04. The lowest BCUT2D eigenvalue weighted by Gasteiger charge is -2.31. The van der Waals surface area contributed by atoms with Crippen LogP contribution in [0.3, 0.4) is 0 Å². The summed E-state index contributed by atoms with van der Waals surface area (Å²) in [4.78, 5) is 2.45. The Morgan fingerprint density at radius 3 is 2.65 bits per heavy atom. The fourth-order valence-corrected chi connectivity index (χ4v) is 3.15. The van der Waals surface area contributed by atoms with Gasteiger partial charge in [0.15, 0.2) is 0 Å². The first kappa shape index (κ1) is 12.9. The number of rotatable bonds is 3. The normalized spacial score (nSPS) is 17.6. The molecule has 2 rings (SSSR count). The van der Waals surface area contributed by atoms with Crippen LogP contribution in [0.5, 0.6) is 0 Å². The molecule has 0 bridgehead atoms. The third-order valence-corrected chi connectivity index (χ3v) is 4.50. The summed E-state index contributed by atoms with van der Waals surface area (Å²) < 4.78 is 1.13. The van der Waals surface area contributed by atoms with Crippen LogP contribution in [0.25, 0.3) is 0 Å². The van der Waals surface area contributed by atoms with E-state index in [1.165, 1.54) is 37.7 Å². The third-order valence-electron chi connectivity index (χ3n) is 3.76. The molecule has 0 aromatic heterocycles. The lowest BCUT2D eigenvalue weighted by molar-refractivity contribution is 0.184. The average Bonchev–Trinajstić information content (AvgIpc) is 2.35. The molecule has 94 valence electrons. The van der Waals surface area contributed by atoms with Crippen molar-refractivity contribution in [1.29, 1.82) is 0 Å². The zero-order valence-corrected chi connectivity index (χ0v) is 12.0. The fourth-order valence-electron chi connectivity index (χ4n) is 2.64. The van der Waals surface area contributed by atoms with E-state index in [1.807, 2.05) is 12.1 Å². The predicted molar refractivity (Wildman–Crippen MR) is 76.9 cm³/mol. The smallest absolute Gasteiger partial charge is 0.0371 e. The second kappa shape index (κ2) is 5.87. The van der Waals surface area contributed by atoms with Gasteiger partial charge >= 0.3 is 0 Å². The zero-order chi connectivity index (χ0) is 12.3. The number of hydrogen-bond acceptors (Lipinski definition) is 2. The monoisotopic (exact) mass is 296 g/mol. The quantitative estimate of drug-likeness (QED) is 0.860. The molecule has 1 aliphatic rings. The van der Waals surface area contributed by atoms with Crippen molar-refractivity contribution in [2.75, 3.05) is 12.8 Å². The second-order valence-corrected chi connectivity index (χ2v) is 5.87. The summed E-state index contributed by atoms with van der Waals surface area (Å²) in [6, 6.07) is 6.77. The molecule has 1 aromatic carbocycles. The predicted octanol–water partition coefficient (Wildman–Crippen LogP) is 3.80. The van der Waals surface area contributed by atoms with Gasteiger partial charge in [-0.05, 0) is 32.0 Å². The summed E-state index contributed by atoms with van der Waals surface area (Å²) >= 11 is 3.59. The van der Waals surface area contributed by atoms with E-state index in [0.29, 0.717) is 0 Å². The van der Waals surface area contributed by atoms with Crippen LogP contribution in [0.1, 0.15) is 37.7 Å². The van der Waals surface area contributed by atoms with E-state index >= 15 is 0 Å². The van der Waals surface area contributed by atoms with Crippen LogP contribution in [0, 0.1) is 0 Å². The van der Waals surface area contributed by atoms with Crippen molar-refractivity contribution in [3.8, 4) is 0 Å². The zero-order valence-electron chi connectivity index (χ0n) is 10.5. The maximum atomic E-state index is 6.04. The summed E-state index contributed by atoms with van der Waals surface area (Å²) in [7, 11) is 2.22. The summed E-state index contributed by atoms with van der Waals surface area (Å²) in [5, 5.41) is 0. The van der Waals surface area contributed by atoms with Crippen LogP contribution in [-0.2, 0) is 6.54 Å². The van der Waals surface area contributed by atoms with Gasteiger partial charge in [-0.2, -0.15) is 0 Å². The van der Waals surface area contributed by atoms with Crippen molar-refractivity contribution in [2.45, 2.75) is 44.7 Å². The highest BCUT2D eigenvalue weighted by atomic mass is 79.9. The Bertz CT molecular complexity index is 352. The highest BCUT2D eigenvalue weighted by molar-refractivity contribution is 9.10. The molecule has 2 N–H and O–H groups in total. The topological polar surface area (TPSA) is 29.3 Å². The van der Waals surface area contributed by atoms with Gasteiger partial charge in [-0.15, -0.1) is 0 Å². The fraction of sp³-hybridized carbons (Fsp3) is 0.571. The molecule has 0 radical (unpaired) electrons. The van der Waals surface area contributed by atoms with Crippen molar-refractivity contribution in [3.63, 3.8) is 0 Å². The van der Waals surface area contributed by atoms with Gasteiger partial charge in [-0.1, -0.05) is 41.3 Å². The van der Waals surface area contributed by atoms with Gasteiger partial charge in [0.25, 0.3) is 0 Å². The van der Waals surface area contributed by atoms with E-state index in [2.05, 4.69) is 33.9 Å². The van der Waals surface area contributed by atoms with Crippen molar-refractivity contribution < 1.29 is 0 Å². The van der Waals surface area contributed by atoms with E-state index in [1.54, 1.807) is 0 Å². The lowest BCUT2D eigenvalue weighted by Crippen LogP contribution is -2.33. The summed E-state index contributed by atoms with van der Waals surface area (Å²) in [5.74, 6) is 0. The van der Waals surface area contributed by atoms with Crippen molar-refractivity contribution in [2.24, 2.45) is 0 Å². The molecular weight excluding hydrogens is 276 g/mol. The molecule has 3 heteroatoms. The van der Waals surface area contributed by atoms with E-state index < -0.39 is 0 Å². The van der Waals surface area contributed by atoms with Gasteiger partial charge in [-0.3, -0.25) is 4.90 Å². The number of halogens is 1. The van der Waals surface area contributed by atoms with Gasteiger partial charge < -0.3 is 5.73 Å². The van der Waals surface area contributed by atoms with Crippen molar-refractivity contribution in [1.82, 2.24) is 4.90 Å². The molecule has 1 fully saturated rings. The molecule has 0 aliphatic heterocycles. The SMILES string of the molecule is CN(Cc1c(N)cccc1Br)C1CCCCC1. The molecular formula is C14H21BrN2. The Kier molecular flexibility index (Phi) is 4.46. The van der Waals surface area contributed by atoms with Crippen LogP contribution < -0.4 is 5.73 Å². The first-order chi connectivity index (χ1) is 8.18. The summed E-state index contributed by atoms with van der Waals surface area (Å²) in [6.45, 7) is 0.942. The standard InChI is InChI=1S/C14H21BrN2/c1-17(11-6-3-2-4-7-11)10-12-13(15)8-5-9-14(12)16/h5,8-9,11H,2-4,6-7,10,16H2,1H3. The van der Waals surface area contributed by atoms with Crippen LogP contribution >= 0.6 is 15.9 Å². The molecule has 1 saturated carbocycles. The second-order valence-electron chi connectivity index (χ2n) is 5.01. The first-order valence-electron chi connectivity index (χ1n) is 6.41. The maximum absolute atomic E-state index is 6.04. The number of benzene rings is 1. The molecule has 1 aliphatic carbocycles. The highest BCUT2D eigenvalue weighted by Gasteiger charge is 2.19. The van der Waals surface area contributed by atoms with Crippen LogP contribution in [0.2, 0.25) is 0 Å². The molecule has 1 aromatic rings. The number of nitrogens with two attached hydrogens (primary N) is 1. The Labute approximate surface area is 112 Å². The van der Waals surface area contributed by atoms with Gasteiger partial charge in [0.05, 0.1) is 0 Å². The van der Waals surface area contributed by atoms with Crippen molar-refractivity contribution in [3.05, 3.63) is 28.2 Å².